The minimum Gasteiger partial charge on any atom is -0.309 e. The van der Waals surface area contributed by atoms with Gasteiger partial charge < -0.3 is 14.0 Å². The number of rotatable bonds is 7. The van der Waals surface area contributed by atoms with Crippen molar-refractivity contribution in [1.82, 2.24) is 9.13 Å². The first kappa shape index (κ1) is 32.6. The van der Waals surface area contributed by atoms with Crippen LogP contribution in [-0.2, 0) is 5.41 Å². The largest absolute Gasteiger partial charge is 0.309 e. The maximum absolute atomic E-state index is 8.82. The molecule has 0 bridgehead atoms. The number of anilines is 3. The molecule has 0 aliphatic rings. The summed E-state index contributed by atoms with van der Waals surface area (Å²) in [5.74, 6) is 0. The van der Waals surface area contributed by atoms with Crippen LogP contribution >= 0.6 is 15.9 Å². The van der Waals surface area contributed by atoms with Gasteiger partial charge in [0.1, 0.15) is 0 Å². The van der Waals surface area contributed by atoms with E-state index in [4.69, 9.17) is 6.85 Å². The Bertz CT molecular complexity index is 3670. The van der Waals surface area contributed by atoms with E-state index in [0.29, 0.717) is 5.56 Å². The van der Waals surface area contributed by atoms with E-state index in [1.54, 1.807) is 0 Å². The Morgan fingerprint density at radius 1 is 0.468 bits per heavy atom. The first-order valence-electron chi connectivity index (χ1n) is 23.4. The molecule has 11 aromatic rings. The number of hydrogen-bond acceptors (Lipinski definition) is 1. The number of benzene rings is 9. The molecule has 0 amide bonds. The summed E-state index contributed by atoms with van der Waals surface area (Å²) in [6, 6.07) is 62.3. The summed E-state index contributed by atoms with van der Waals surface area (Å²) in [6.45, 7) is 6.66. The fourth-order valence-corrected chi connectivity index (χ4v) is 9.55. The number of aromatic nitrogens is 2. The number of para-hydroxylation sites is 5. The van der Waals surface area contributed by atoms with Gasteiger partial charge in [0, 0.05) is 48.6 Å². The molecule has 0 radical (unpaired) electrons. The molecular weight excluding hydrogens is 819 g/mol. The molecule has 0 unspecified atom stereocenters. The molecule has 0 N–H and O–H groups in total. The molecule has 4 heteroatoms. The third-order valence-corrected chi connectivity index (χ3v) is 12.4. The summed E-state index contributed by atoms with van der Waals surface area (Å²) >= 11 is 3.93. The molecule has 0 fully saturated rings. The Kier molecular flexibility index (Phi) is 7.94. The highest BCUT2D eigenvalue weighted by molar-refractivity contribution is 9.10. The van der Waals surface area contributed by atoms with Gasteiger partial charge in [0.15, 0.2) is 0 Å². The molecule has 62 heavy (non-hydrogen) atoms. The van der Waals surface area contributed by atoms with E-state index in [-0.39, 0.29) is 35.1 Å². The zero-order valence-corrected chi connectivity index (χ0v) is 36.1. The van der Waals surface area contributed by atoms with Crippen molar-refractivity contribution in [2.24, 2.45) is 0 Å². The van der Waals surface area contributed by atoms with Crippen LogP contribution in [0.4, 0.5) is 17.1 Å². The van der Waals surface area contributed by atoms with E-state index in [0.717, 1.165) is 87.8 Å². The highest BCUT2D eigenvalue weighted by Crippen LogP contribution is 2.49. The van der Waals surface area contributed by atoms with Crippen LogP contribution in [0.25, 0.3) is 77.2 Å². The van der Waals surface area contributed by atoms with E-state index in [1.165, 1.54) is 5.39 Å². The second kappa shape index (κ2) is 15.1. The van der Waals surface area contributed by atoms with Crippen molar-refractivity contribution in [3.63, 3.8) is 0 Å². The molecule has 0 spiro atoms. The fourth-order valence-electron chi connectivity index (χ4n) is 9.07. The van der Waals surface area contributed by atoms with E-state index in [2.05, 4.69) is 202 Å². The van der Waals surface area contributed by atoms with Gasteiger partial charge in [-0.25, -0.2) is 0 Å². The average molecular weight is 868 g/mol. The SMILES string of the molecule is [2H]c1c([2H])c([2H])c(-c2ccc(N(c3cc(Br)cc(C(C)(C)C)c3)c3c(-c4ccc5c6ccccc6n(-c6ccccc6)c5c4)cccc3-n3c4ccccc4c4ccccc43)cc2)c([2H])c1[2H]. The van der Waals surface area contributed by atoms with Crippen LogP contribution in [0.1, 0.15) is 33.2 Å². The van der Waals surface area contributed by atoms with Crippen LogP contribution in [0, 0.1) is 0 Å². The van der Waals surface area contributed by atoms with Gasteiger partial charge >= 0.3 is 0 Å². The molecule has 9 aromatic carbocycles. The van der Waals surface area contributed by atoms with Crippen molar-refractivity contribution in [3.05, 3.63) is 222 Å². The third-order valence-electron chi connectivity index (χ3n) is 12.0. The Morgan fingerprint density at radius 3 is 1.69 bits per heavy atom. The summed E-state index contributed by atoms with van der Waals surface area (Å²) in [5.41, 5.74) is 12.7. The average Bonchev–Trinajstić information content (AvgIpc) is 3.86. The van der Waals surface area contributed by atoms with Gasteiger partial charge in [0.05, 0.1) is 40.3 Å². The predicted octanol–water partition coefficient (Wildman–Crippen LogP) is 16.7. The van der Waals surface area contributed by atoms with Crippen molar-refractivity contribution in [3.8, 4) is 33.6 Å². The summed E-state index contributed by atoms with van der Waals surface area (Å²) in [7, 11) is 0. The highest BCUT2D eigenvalue weighted by Gasteiger charge is 2.27. The van der Waals surface area contributed by atoms with Crippen LogP contribution in [0.2, 0.25) is 0 Å². The molecule has 3 nitrogen and oxygen atoms in total. The van der Waals surface area contributed by atoms with Gasteiger partial charge in [-0.15, -0.1) is 0 Å². The van der Waals surface area contributed by atoms with Gasteiger partial charge in [-0.2, -0.15) is 0 Å². The number of nitrogens with zero attached hydrogens (tertiary/aromatic N) is 3. The molecule has 2 heterocycles. The molecule has 11 rings (SSSR count). The molecule has 0 aliphatic carbocycles. The summed E-state index contributed by atoms with van der Waals surface area (Å²) in [6.07, 6.45) is 0. The Labute approximate surface area is 377 Å². The Hall–Kier alpha value is -7.14. The van der Waals surface area contributed by atoms with E-state index < -0.39 is 6.04 Å². The van der Waals surface area contributed by atoms with Crippen molar-refractivity contribution in [1.29, 1.82) is 0 Å². The standard InChI is InChI=1S/C58H44BrN3/c1-58(2,3)42-36-43(59)38-46(37-42)60(45-32-29-40(30-33-45)39-17-6-4-7-18-39)57-47(24-16-28-55(57)62-53-26-14-11-21-48(53)49-22-12-15-27-54(49)62)41-31-34-51-50-23-10-13-25-52(50)61(56(51)35-41)44-19-8-5-9-20-44/h4-38H,1-3H3/i4D,6D,7D,17D,18D. The lowest BCUT2D eigenvalue weighted by Gasteiger charge is -2.32. The number of halogens is 1. The van der Waals surface area contributed by atoms with Crippen LogP contribution in [0.5, 0.6) is 0 Å². The van der Waals surface area contributed by atoms with Crippen molar-refractivity contribution in [2.75, 3.05) is 4.90 Å². The lowest BCUT2D eigenvalue weighted by Crippen LogP contribution is -2.17. The van der Waals surface area contributed by atoms with Crippen molar-refractivity contribution < 1.29 is 6.85 Å². The van der Waals surface area contributed by atoms with Crippen LogP contribution in [-0.4, -0.2) is 9.13 Å². The minimum atomic E-state index is -0.414. The van der Waals surface area contributed by atoms with E-state index >= 15 is 0 Å². The van der Waals surface area contributed by atoms with Gasteiger partial charge in [-0.3, -0.25) is 0 Å². The van der Waals surface area contributed by atoms with Crippen LogP contribution < -0.4 is 4.90 Å². The first-order chi connectivity index (χ1) is 32.4. The zero-order valence-electron chi connectivity index (χ0n) is 39.5. The predicted molar refractivity (Wildman–Crippen MR) is 267 cm³/mol. The quantitative estimate of drug-likeness (QED) is 0.156. The molecule has 0 aliphatic heterocycles. The molecule has 0 saturated carbocycles. The molecule has 0 saturated heterocycles. The molecule has 298 valence electrons. The van der Waals surface area contributed by atoms with Crippen LogP contribution in [0.15, 0.2) is 217 Å². The number of hydrogen-bond donors (Lipinski definition) is 0. The Morgan fingerprint density at radius 2 is 1.05 bits per heavy atom. The molecular formula is C58H44BrN3. The molecule has 2 aromatic heterocycles. The second-order valence-electron chi connectivity index (χ2n) is 16.8. The lowest BCUT2D eigenvalue weighted by molar-refractivity contribution is 0.590. The maximum atomic E-state index is 8.82. The van der Waals surface area contributed by atoms with Crippen LogP contribution in [0.3, 0.4) is 0 Å². The summed E-state index contributed by atoms with van der Waals surface area (Å²) < 4.78 is 48.4. The highest BCUT2D eigenvalue weighted by atomic mass is 79.9. The van der Waals surface area contributed by atoms with Crippen molar-refractivity contribution in [2.45, 2.75) is 26.2 Å². The summed E-state index contributed by atoms with van der Waals surface area (Å²) in [4.78, 5) is 2.32. The monoisotopic (exact) mass is 866 g/mol. The van der Waals surface area contributed by atoms with Gasteiger partial charge in [0.25, 0.3) is 0 Å². The third kappa shape index (κ3) is 6.42. The van der Waals surface area contributed by atoms with E-state index in [9.17, 15) is 0 Å². The number of fused-ring (bicyclic) bond motifs is 6. The first-order valence-corrected chi connectivity index (χ1v) is 21.7. The second-order valence-corrected chi connectivity index (χ2v) is 17.7. The molecule has 0 atom stereocenters. The maximum Gasteiger partial charge on any atom is 0.0781 e. The minimum absolute atomic E-state index is 0.162. The topological polar surface area (TPSA) is 13.1 Å². The zero-order chi connectivity index (χ0) is 46.3. The Balaban J connectivity index is 1.25. The lowest BCUT2D eigenvalue weighted by atomic mass is 9.86. The van der Waals surface area contributed by atoms with Gasteiger partial charge in [-0.1, -0.05) is 176 Å². The van der Waals surface area contributed by atoms with Crippen molar-refractivity contribution >= 4 is 76.6 Å². The fraction of sp³-hybridized carbons (Fsp3) is 0.0690. The smallest absolute Gasteiger partial charge is 0.0781 e. The van der Waals surface area contributed by atoms with E-state index in [1.807, 2.05) is 30.3 Å². The van der Waals surface area contributed by atoms with Gasteiger partial charge in [0.2, 0.25) is 0 Å². The summed E-state index contributed by atoms with van der Waals surface area (Å²) in [5, 5.41) is 4.63. The normalized spacial score (nSPS) is 13.0. The van der Waals surface area contributed by atoms with Gasteiger partial charge in [-0.05, 0) is 100 Å².